The van der Waals surface area contributed by atoms with Crippen LogP contribution in [0.25, 0.3) is 11.3 Å². The van der Waals surface area contributed by atoms with E-state index in [9.17, 15) is 8.78 Å². The molecule has 0 bridgehead atoms. The van der Waals surface area contributed by atoms with E-state index < -0.39 is 5.82 Å². The highest BCUT2D eigenvalue weighted by molar-refractivity contribution is 7.07. The van der Waals surface area contributed by atoms with Crippen molar-refractivity contribution in [3.8, 4) is 22.8 Å². The molecule has 0 N–H and O–H groups in total. The third-order valence-corrected chi connectivity index (χ3v) is 5.66. The topological polar surface area (TPSA) is 35.8 Å². The Hall–Kier alpha value is -3.45. The first-order valence-electron chi connectivity index (χ1n) is 9.30. The van der Waals surface area contributed by atoms with Crippen LogP contribution in [0.1, 0.15) is 5.56 Å². The second kappa shape index (κ2) is 7.76. The molecule has 0 aliphatic carbocycles. The molecule has 1 aliphatic rings. The molecular weight excluding hydrogens is 406 g/mol. The van der Waals surface area contributed by atoms with Gasteiger partial charge in [-0.25, -0.2) is 13.8 Å². The molecule has 0 saturated carbocycles. The third-order valence-electron chi connectivity index (χ3n) is 4.79. The maximum absolute atomic E-state index is 14.5. The van der Waals surface area contributed by atoms with E-state index in [0.29, 0.717) is 34.1 Å². The van der Waals surface area contributed by atoms with Crippen molar-refractivity contribution in [3.63, 3.8) is 0 Å². The van der Waals surface area contributed by atoms with Gasteiger partial charge in [-0.2, -0.15) is 0 Å². The van der Waals surface area contributed by atoms with Gasteiger partial charge in [-0.1, -0.05) is 30.3 Å². The predicted molar refractivity (Wildman–Crippen MR) is 111 cm³/mol. The highest BCUT2D eigenvalue weighted by atomic mass is 32.1. The number of nitrogens with zero attached hydrogens (tertiary/aromatic N) is 2. The number of ether oxygens (including phenoxy) is 2. The predicted octanol–water partition coefficient (Wildman–Crippen LogP) is 5.50. The Morgan fingerprint density at radius 2 is 1.67 bits per heavy atom. The second-order valence-electron chi connectivity index (χ2n) is 6.72. The van der Waals surface area contributed by atoms with Crippen molar-refractivity contribution in [3.05, 3.63) is 94.1 Å². The lowest BCUT2D eigenvalue weighted by Gasteiger charge is -2.11. The van der Waals surface area contributed by atoms with E-state index in [-0.39, 0.29) is 18.3 Å². The summed E-state index contributed by atoms with van der Waals surface area (Å²) < 4.78 is 41.5. The van der Waals surface area contributed by atoms with Crippen LogP contribution in [0, 0.1) is 11.6 Å². The summed E-state index contributed by atoms with van der Waals surface area (Å²) in [5.41, 5.74) is 2.31. The van der Waals surface area contributed by atoms with E-state index in [2.05, 4.69) is 4.99 Å². The van der Waals surface area contributed by atoms with E-state index in [1.807, 2.05) is 28.1 Å². The molecule has 7 heteroatoms. The van der Waals surface area contributed by atoms with Gasteiger partial charge in [0, 0.05) is 10.9 Å². The van der Waals surface area contributed by atoms with Gasteiger partial charge in [0.05, 0.1) is 12.2 Å². The van der Waals surface area contributed by atoms with Crippen molar-refractivity contribution in [2.75, 3.05) is 6.79 Å². The molecule has 0 spiro atoms. The zero-order valence-corrected chi connectivity index (χ0v) is 16.5. The molecule has 0 saturated heterocycles. The molecule has 1 aliphatic heterocycles. The van der Waals surface area contributed by atoms with E-state index in [0.717, 1.165) is 5.56 Å². The summed E-state index contributed by atoms with van der Waals surface area (Å²) in [5.74, 6) is 0.628. The highest BCUT2D eigenvalue weighted by Gasteiger charge is 2.16. The minimum absolute atomic E-state index is 0.193. The molecule has 30 heavy (non-hydrogen) atoms. The summed E-state index contributed by atoms with van der Waals surface area (Å²) in [6.07, 6.45) is 0. The molecule has 2 heterocycles. The number of hydrogen-bond donors (Lipinski definition) is 0. The summed E-state index contributed by atoms with van der Waals surface area (Å²) >= 11 is 1.33. The van der Waals surface area contributed by atoms with Crippen LogP contribution in [0.3, 0.4) is 0 Å². The van der Waals surface area contributed by atoms with Gasteiger partial charge in [0.2, 0.25) is 6.79 Å². The minimum atomic E-state index is -0.409. The first kappa shape index (κ1) is 18.6. The number of para-hydroxylation sites is 1. The zero-order valence-electron chi connectivity index (χ0n) is 15.7. The maximum Gasteiger partial charge on any atom is 0.231 e. The van der Waals surface area contributed by atoms with Crippen LogP contribution in [-0.2, 0) is 6.54 Å². The van der Waals surface area contributed by atoms with E-state index in [1.54, 1.807) is 36.4 Å². The number of fused-ring (bicyclic) bond motifs is 1. The van der Waals surface area contributed by atoms with Crippen molar-refractivity contribution < 1.29 is 18.3 Å². The Labute approximate surface area is 175 Å². The van der Waals surface area contributed by atoms with Crippen molar-refractivity contribution in [1.29, 1.82) is 0 Å². The number of aromatic nitrogens is 1. The number of rotatable bonds is 4. The quantitative estimate of drug-likeness (QED) is 0.435. The summed E-state index contributed by atoms with van der Waals surface area (Å²) in [5, 5.41) is 1.84. The number of benzene rings is 3. The van der Waals surface area contributed by atoms with Gasteiger partial charge in [-0.05, 0) is 42.0 Å². The number of hydrogen-bond acceptors (Lipinski definition) is 4. The fraction of sp³-hybridized carbons (Fsp3) is 0.0870. The van der Waals surface area contributed by atoms with Crippen molar-refractivity contribution in [2.24, 2.45) is 4.99 Å². The Bertz CT molecular complexity index is 1300. The number of thiazole rings is 1. The summed E-state index contributed by atoms with van der Waals surface area (Å²) in [4.78, 5) is 5.08. The van der Waals surface area contributed by atoms with Crippen LogP contribution >= 0.6 is 11.3 Å². The van der Waals surface area contributed by atoms with Crippen molar-refractivity contribution in [2.45, 2.75) is 6.54 Å². The second-order valence-corrected chi connectivity index (χ2v) is 7.56. The van der Waals surface area contributed by atoms with Crippen LogP contribution < -0.4 is 14.3 Å². The van der Waals surface area contributed by atoms with Crippen molar-refractivity contribution >= 4 is 17.0 Å². The zero-order chi connectivity index (χ0) is 20.5. The largest absolute Gasteiger partial charge is 0.454 e. The molecule has 0 radical (unpaired) electrons. The lowest BCUT2D eigenvalue weighted by atomic mass is 10.1. The van der Waals surface area contributed by atoms with Crippen LogP contribution in [-0.4, -0.2) is 11.4 Å². The van der Waals surface area contributed by atoms with Gasteiger partial charge in [-0.15, -0.1) is 11.3 Å². The van der Waals surface area contributed by atoms with E-state index in [4.69, 9.17) is 9.47 Å². The fourth-order valence-corrected chi connectivity index (χ4v) is 4.24. The molecule has 5 rings (SSSR count). The average molecular weight is 422 g/mol. The standard InChI is InChI=1S/C23H16F2N2O2S/c24-17-6-2-1-5-16(17)20-13-30-23(26-19-8-4-3-7-18(19)25)27(20)12-15-9-10-21-22(11-15)29-14-28-21/h1-11,13H,12,14H2. The van der Waals surface area contributed by atoms with Crippen LogP contribution in [0.5, 0.6) is 11.5 Å². The molecule has 0 unspecified atom stereocenters. The van der Waals surface area contributed by atoms with Crippen molar-refractivity contribution in [1.82, 2.24) is 4.57 Å². The van der Waals surface area contributed by atoms with Gasteiger partial charge in [0.1, 0.15) is 17.3 Å². The van der Waals surface area contributed by atoms with Gasteiger partial charge >= 0.3 is 0 Å². The Morgan fingerprint density at radius 3 is 2.50 bits per heavy atom. The molecule has 0 fully saturated rings. The van der Waals surface area contributed by atoms with Gasteiger partial charge < -0.3 is 14.0 Å². The number of halogens is 2. The lowest BCUT2D eigenvalue weighted by molar-refractivity contribution is 0.174. The lowest BCUT2D eigenvalue weighted by Crippen LogP contribution is -2.17. The summed E-state index contributed by atoms with van der Waals surface area (Å²) in [7, 11) is 0. The van der Waals surface area contributed by atoms with E-state index >= 15 is 0 Å². The van der Waals surface area contributed by atoms with Crippen LogP contribution in [0.2, 0.25) is 0 Å². The van der Waals surface area contributed by atoms with Gasteiger partial charge in [0.25, 0.3) is 0 Å². The Morgan fingerprint density at radius 1 is 0.900 bits per heavy atom. The SMILES string of the molecule is Fc1ccccc1N=c1scc(-c2ccccc2F)n1Cc1ccc2c(c1)OCO2. The van der Waals surface area contributed by atoms with Crippen LogP contribution in [0.4, 0.5) is 14.5 Å². The first-order valence-corrected chi connectivity index (χ1v) is 10.2. The normalized spacial score (nSPS) is 13.1. The average Bonchev–Trinajstić information content (AvgIpc) is 3.37. The van der Waals surface area contributed by atoms with E-state index in [1.165, 1.54) is 23.5 Å². The maximum atomic E-state index is 14.5. The monoisotopic (exact) mass is 422 g/mol. The first-order chi connectivity index (χ1) is 14.7. The smallest absolute Gasteiger partial charge is 0.231 e. The highest BCUT2D eigenvalue weighted by Crippen LogP contribution is 2.33. The summed E-state index contributed by atoms with van der Waals surface area (Å²) in [6.45, 7) is 0.607. The molecule has 3 aromatic carbocycles. The molecule has 0 amide bonds. The van der Waals surface area contributed by atoms with Gasteiger partial charge in [0.15, 0.2) is 16.3 Å². The third kappa shape index (κ3) is 3.48. The molecular formula is C23H16F2N2O2S. The molecule has 150 valence electrons. The fourth-order valence-electron chi connectivity index (χ4n) is 3.32. The van der Waals surface area contributed by atoms with Crippen LogP contribution in [0.15, 0.2) is 77.1 Å². The molecule has 4 aromatic rings. The Balaban J connectivity index is 1.65. The minimum Gasteiger partial charge on any atom is -0.454 e. The van der Waals surface area contributed by atoms with Gasteiger partial charge in [-0.3, -0.25) is 0 Å². The molecule has 1 aromatic heterocycles. The summed E-state index contributed by atoms with van der Waals surface area (Å²) in [6, 6.07) is 18.6. The molecule has 4 nitrogen and oxygen atoms in total. The Kier molecular flexibility index (Phi) is 4.80. The molecule has 0 atom stereocenters.